The Hall–Kier alpha value is -2.64. The van der Waals surface area contributed by atoms with Crippen LogP contribution < -0.4 is 14.8 Å². The predicted molar refractivity (Wildman–Crippen MR) is 131 cm³/mol. The van der Waals surface area contributed by atoms with Crippen molar-refractivity contribution in [1.82, 2.24) is 20.1 Å². The second kappa shape index (κ2) is 10.7. The summed E-state index contributed by atoms with van der Waals surface area (Å²) in [4.78, 5) is 22.2. The first-order valence-electron chi connectivity index (χ1n) is 12.7. The van der Waals surface area contributed by atoms with Gasteiger partial charge >= 0.3 is 0 Å². The number of methoxy groups -OCH3 is 1. The summed E-state index contributed by atoms with van der Waals surface area (Å²) in [5.41, 5.74) is 2.29. The zero-order valence-electron chi connectivity index (χ0n) is 20.1. The Labute approximate surface area is 202 Å². The molecule has 5 rings (SSSR count). The Balaban J connectivity index is 1.36. The fraction of sp³-hybridized carbons (Fsp3) is 0.556. The van der Waals surface area contributed by atoms with E-state index < -0.39 is 0 Å². The smallest absolute Gasteiger partial charge is 0.234 e. The molecule has 1 aromatic heterocycles. The van der Waals surface area contributed by atoms with Gasteiger partial charge in [-0.2, -0.15) is 0 Å². The van der Waals surface area contributed by atoms with Crippen molar-refractivity contribution in [2.45, 2.75) is 50.7 Å². The molecule has 182 valence electrons. The molecule has 4 heterocycles. The molecule has 2 saturated heterocycles. The van der Waals surface area contributed by atoms with E-state index in [1.165, 1.54) is 18.4 Å². The van der Waals surface area contributed by atoms with Gasteiger partial charge in [0.05, 0.1) is 26.0 Å². The molecule has 2 fully saturated rings. The molecular formula is C27H36N4O3. The van der Waals surface area contributed by atoms with Gasteiger partial charge in [-0.3, -0.25) is 19.6 Å². The molecule has 0 unspecified atom stereocenters. The minimum atomic E-state index is 0.110. The van der Waals surface area contributed by atoms with Gasteiger partial charge < -0.3 is 14.8 Å². The fourth-order valence-corrected chi connectivity index (χ4v) is 5.91. The third-order valence-electron chi connectivity index (χ3n) is 7.55. The van der Waals surface area contributed by atoms with E-state index in [0.29, 0.717) is 37.7 Å². The predicted octanol–water partition coefficient (Wildman–Crippen LogP) is 3.41. The molecule has 3 aliphatic rings. The topological polar surface area (TPSA) is 66.9 Å². The maximum absolute atomic E-state index is 12.9. The van der Waals surface area contributed by atoms with E-state index in [1.807, 2.05) is 30.5 Å². The van der Waals surface area contributed by atoms with E-state index in [-0.39, 0.29) is 5.91 Å². The van der Waals surface area contributed by atoms with Crippen molar-refractivity contribution in [1.29, 1.82) is 0 Å². The summed E-state index contributed by atoms with van der Waals surface area (Å²) < 4.78 is 11.8. The molecule has 3 aliphatic heterocycles. The summed E-state index contributed by atoms with van der Waals surface area (Å²) in [7, 11) is 1.70. The zero-order valence-corrected chi connectivity index (χ0v) is 20.1. The lowest BCUT2D eigenvalue weighted by atomic mass is 9.94. The number of nitrogens with one attached hydrogen (secondary N) is 1. The summed E-state index contributed by atoms with van der Waals surface area (Å²) in [6.07, 6.45) is 7.17. The highest BCUT2D eigenvalue weighted by molar-refractivity contribution is 5.78. The van der Waals surface area contributed by atoms with Crippen molar-refractivity contribution in [2.24, 2.45) is 5.92 Å². The highest BCUT2D eigenvalue weighted by Gasteiger charge is 2.44. The Morgan fingerprint density at radius 2 is 2.12 bits per heavy atom. The molecule has 34 heavy (non-hydrogen) atoms. The van der Waals surface area contributed by atoms with Crippen molar-refractivity contribution in [3.63, 3.8) is 0 Å². The minimum Gasteiger partial charge on any atom is -0.493 e. The molecule has 0 aliphatic carbocycles. The normalized spacial score (nSPS) is 26.5. The van der Waals surface area contributed by atoms with Gasteiger partial charge in [0.25, 0.3) is 0 Å². The van der Waals surface area contributed by atoms with E-state index in [0.717, 1.165) is 56.1 Å². The standard InChI is InChI=1S/C27H36N4O3/c1-33-25-10-9-20-16-26(25)34-14-5-4-12-30(18-22-7-2-3-11-28-22)19-27(32)29-17-21-15-24(20)31-13-6-8-23(21)31/h2-3,7,9-11,16,21,23-24H,4-6,8,12-15,17-19H2,1H3,(H,29,32)/t21-,23+,24-/m1/s1. The van der Waals surface area contributed by atoms with Gasteiger partial charge in [0.1, 0.15) is 0 Å². The number of carbonyl (C=O) groups excluding carboxylic acids is 1. The number of amides is 1. The number of hydrogen-bond donors (Lipinski definition) is 1. The third kappa shape index (κ3) is 5.20. The number of ether oxygens (including phenoxy) is 2. The van der Waals surface area contributed by atoms with Gasteiger partial charge in [-0.1, -0.05) is 12.1 Å². The average molecular weight is 465 g/mol. The van der Waals surface area contributed by atoms with Crippen molar-refractivity contribution in [3.8, 4) is 11.5 Å². The molecule has 3 atom stereocenters. The zero-order chi connectivity index (χ0) is 23.3. The summed E-state index contributed by atoms with van der Waals surface area (Å²) in [6.45, 7) is 4.39. The molecule has 1 N–H and O–H groups in total. The summed E-state index contributed by atoms with van der Waals surface area (Å²) >= 11 is 0. The van der Waals surface area contributed by atoms with Gasteiger partial charge in [-0.05, 0) is 80.9 Å². The lowest BCUT2D eigenvalue weighted by Crippen LogP contribution is -2.41. The summed E-state index contributed by atoms with van der Waals surface area (Å²) in [5, 5.41) is 3.27. The van der Waals surface area contributed by atoms with Crippen LogP contribution in [0.25, 0.3) is 0 Å². The van der Waals surface area contributed by atoms with Crippen LogP contribution in [0.2, 0.25) is 0 Å². The van der Waals surface area contributed by atoms with E-state index >= 15 is 0 Å². The van der Waals surface area contributed by atoms with E-state index in [4.69, 9.17) is 9.47 Å². The third-order valence-corrected chi connectivity index (χ3v) is 7.55. The average Bonchev–Trinajstić information content (AvgIpc) is 3.46. The SMILES string of the molecule is COc1ccc2cc1OCCCCN(Cc1ccccn1)CC(=O)NC[C@H]1C[C@H]2N2CCC[C@@H]12. The van der Waals surface area contributed by atoms with Crippen LogP contribution in [0.1, 0.15) is 49.4 Å². The first-order valence-corrected chi connectivity index (χ1v) is 12.7. The highest BCUT2D eigenvalue weighted by Crippen LogP contribution is 2.46. The van der Waals surface area contributed by atoms with Crippen molar-refractivity contribution >= 4 is 5.91 Å². The van der Waals surface area contributed by atoms with Crippen LogP contribution in [0, 0.1) is 5.92 Å². The Morgan fingerprint density at radius 3 is 2.97 bits per heavy atom. The number of fused-ring (bicyclic) bond motifs is 8. The van der Waals surface area contributed by atoms with Crippen LogP contribution in [-0.2, 0) is 11.3 Å². The molecule has 2 aromatic rings. The molecule has 0 radical (unpaired) electrons. The highest BCUT2D eigenvalue weighted by atomic mass is 16.5. The Morgan fingerprint density at radius 1 is 1.18 bits per heavy atom. The first kappa shape index (κ1) is 23.1. The number of pyridine rings is 1. The second-order valence-corrected chi connectivity index (χ2v) is 9.76. The van der Waals surface area contributed by atoms with Crippen LogP contribution >= 0.6 is 0 Å². The van der Waals surface area contributed by atoms with Crippen LogP contribution in [0.4, 0.5) is 0 Å². The van der Waals surface area contributed by atoms with E-state index in [2.05, 4.69) is 32.2 Å². The van der Waals surface area contributed by atoms with Gasteiger partial charge in [0.2, 0.25) is 5.91 Å². The van der Waals surface area contributed by atoms with E-state index in [1.54, 1.807) is 7.11 Å². The van der Waals surface area contributed by atoms with Gasteiger partial charge in [-0.25, -0.2) is 0 Å². The first-order chi connectivity index (χ1) is 16.7. The lowest BCUT2D eigenvalue weighted by Gasteiger charge is -2.25. The van der Waals surface area contributed by atoms with Crippen molar-refractivity contribution in [2.75, 3.05) is 39.9 Å². The van der Waals surface area contributed by atoms with Crippen LogP contribution in [0.5, 0.6) is 11.5 Å². The molecule has 0 saturated carbocycles. The lowest BCUT2D eigenvalue weighted by molar-refractivity contribution is -0.122. The number of nitrogens with zero attached hydrogens (tertiary/aromatic N) is 3. The van der Waals surface area contributed by atoms with Crippen LogP contribution in [0.15, 0.2) is 42.6 Å². The van der Waals surface area contributed by atoms with Gasteiger partial charge in [-0.15, -0.1) is 0 Å². The molecular weight excluding hydrogens is 428 g/mol. The molecule has 4 bridgehead atoms. The van der Waals surface area contributed by atoms with Crippen LogP contribution in [0.3, 0.4) is 0 Å². The summed E-state index contributed by atoms with van der Waals surface area (Å²) in [6, 6.07) is 13.3. The molecule has 1 amide bonds. The number of benzene rings is 1. The Bertz CT molecular complexity index is 970. The molecule has 7 heteroatoms. The number of hydrogen-bond acceptors (Lipinski definition) is 6. The largest absolute Gasteiger partial charge is 0.493 e. The van der Waals surface area contributed by atoms with E-state index in [9.17, 15) is 4.79 Å². The van der Waals surface area contributed by atoms with Gasteiger partial charge in [0, 0.05) is 31.4 Å². The van der Waals surface area contributed by atoms with Crippen LogP contribution in [-0.4, -0.2) is 66.6 Å². The number of aromatic nitrogens is 1. The number of carbonyl (C=O) groups is 1. The summed E-state index contributed by atoms with van der Waals surface area (Å²) in [5.74, 6) is 2.21. The monoisotopic (exact) mass is 464 g/mol. The van der Waals surface area contributed by atoms with Crippen molar-refractivity contribution < 1.29 is 14.3 Å². The molecule has 7 nitrogen and oxygen atoms in total. The quantitative estimate of drug-likeness (QED) is 0.751. The minimum absolute atomic E-state index is 0.110. The van der Waals surface area contributed by atoms with Crippen molar-refractivity contribution in [3.05, 3.63) is 53.9 Å². The second-order valence-electron chi connectivity index (χ2n) is 9.76. The maximum atomic E-state index is 12.9. The Kier molecular flexibility index (Phi) is 7.30. The number of rotatable bonds is 3. The molecule has 0 spiro atoms. The molecule has 1 aromatic carbocycles. The van der Waals surface area contributed by atoms with Gasteiger partial charge in [0.15, 0.2) is 11.5 Å². The fourth-order valence-electron chi connectivity index (χ4n) is 5.91. The maximum Gasteiger partial charge on any atom is 0.234 e.